The fraction of sp³-hybridized carbons (Fsp3) is 0.306. The first kappa shape index (κ1) is 51.6. The van der Waals surface area contributed by atoms with Crippen molar-refractivity contribution in [2.24, 2.45) is 11.5 Å². The molecule has 0 aliphatic carbocycles. The number of hydrogen-bond acceptors (Lipinski definition) is 9. The van der Waals surface area contributed by atoms with Crippen molar-refractivity contribution in [3.63, 3.8) is 0 Å². The van der Waals surface area contributed by atoms with Crippen molar-refractivity contribution in [3.8, 4) is 0 Å². The monoisotopic (exact) mass is 1000 g/mol. The van der Waals surface area contributed by atoms with Crippen LogP contribution in [0.25, 0.3) is 0 Å². The summed E-state index contributed by atoms with van der Waals surface area (Å²) in [6.07, 6.45) is 9.20. The molecule has 2 aliphatic rings. The van der Waals surface area contributed by atoms with Crippen LogP contribution in [0.1, 0.15) is 97.5 Å². The largest absolute Gasteiger partial charge is 0.382 e. The lowest BCUT2D eigenvalue weighted by atomic mass is 10.1. The normalized spacial score (nSPS) is 15.7. The molecule has 0 spiro atoms. The molecule has 8 rings (SSSR count). The Morgan fingerprint density at radius 1 is 0.691 bits per heavy atom. The lowest BCUT2D eigenvalue weighted by Gasteiger charge is -2.23. The van der Waals surface area contributed by atoms with Gasteiger partial charge in [-0.2, -0.15) is 0 Å². The number of aliphatic hydroxyl groups excluding tert-OH is 1. The number of nitrogens with zero attached hydrogens (tertiary/aromatic N) is 4. The molecule has 358 valence electrons. The number of likely N-dealkylation sites (tertiary alicyclic amines) is 2. The highest BCUT2D eigenvalue weighted by Gasteiger charge is 2.36. The predicted molar refractivity (Wildman–Crippen MR) is 264 cm³/mol. The number of alkyl halides is 2. The highest BCUT2D eigenvalue weighted by molar-refractivity contribution is 6.40. The van der Waals surface area contributed by atoms with Gasteiger partial charge in [0.25, 0.3) is 11.8 Å². The van der Waals surface area contributed by atoms with Gasteiger partial charge in [-0.15, -0.1) is 23.2 Å². The molecule has 19 heteroatoms. The molecule has 6 heterocycles. The van der Waals surface area contributed by atoms with E-state index in [1.807, 2.05) is 48.7 Å². The summed E-state index contributed by atoms with van der Waals surface area (Å²) in [5.41, 5.74) is 18.9. The minimum Gasteiger partial charge on any atom is -0.382 e. The van der Waals surface area contributed by atoms with Crippen LogP contribution in [0.4, 0.5) is 0 Å². The molecule has 6 aromatic rings. The molecular weight excluding hydrogens is 950 g/mol. The number of aromatic nitrogens is 4. The van der Waals surface area contributed by atoms with E-state index in [0.717, 1.165) is 46.4 Å². The summed E-state index contributed by atoms with van der Waals surface area (Å²) >= 11 is 21.7. The molecule has 0 bridgehead atoms. The van der Waals surface area contributed by atoms with Gasteiger partial charge in [-0.1, -0.05) is 47.5 Å². The Morgan fingerprint density at radius 3 is 1.71 bits per heavy atom. The lowest BCUT2D eigenvalue weighted by Crippen LogP contribution is -2.45. The Morgan fingerprint density at radius 2 is 1.21 bits per heavy atom. The number of H-pyrrole nitrogens is 2. The van der Waals surface area contributed by atoms with E-state index >= 15 is 0 Å². The van der Waals surface area contributed by atoms with Gasteiger partial charge in [0.15, 0.2) is 0 Å². The van der Waals surface area contributed by atoms with Crippen molar-refractivity contribution in [1.29, 1.82) is 0 Å². The van der Waals surface area contributed by atoms with Crippen LogP contribution in [-0.2, 0) is 42.2 Å². The van der Waals surface area contributed by atoms with E-state index in [-0.39, 0.29) is 35.5 Å². The third kappa shape index (κ3) is 13.7. The Kier molecular flexibility index (Phi) is 19.4. The number of carbonyl (C=O) groups excluding carboxylic acids is 4. The number of rotatable bonds is 14. The minimum atomic E-state index is -0.948. The van der Waals surface area contributed by atoms with E-state index in [9.17, 15) is 24.3 Å². The Bertz CT molecular complexity index is 2610. The molecule has 0 saturated carbocycles. The van der Waals surface area contributed by atoms with Gasteiger partial charge in [0.05, 0.1) is 11.0 Å². The maximum absolute atomic E-state index is 13.1. The van der Waals surface area contributed by atoms with Crippen molar-refractivity contribution in [2.45, 2.75) is 76.5 Å². The van der Waals surface area contributed by atoms with Gasteiger partial charge >= 0.3 is 0 Å². The zero-order valence-corrected chi connectivity index (χ0v) is 40.2. The van der Waals surface area contributed by atoms with Crippen molar-refractivity contribution < 1.29 is 24.3 Å². The van der Waals surface area contributed by atoms with Crippen LogP contribution in [0, 0.1) is 0 Å². The highest BCUT2D eigenvalue weighted by atomic mass is 35.5. The van der Waals surface area contributed by atoms with Crippen LogP contribution >= 0.6 is 46.4 Å². The average molecular weight is 1000 g/mol. The first-order valence-corrected chi connectivity index (χ1v) is 23.9. The van der Waals surface area contributed by atoms with Crippen LogP contribution in [-0.4, -0.2) is 89.0 Å². The number of aliphatic hydroxyl groups is 1. The van der Waals surface area contributed by atoms with Crippen LogP contribution in [0.15, 0.2) is 110 Å². The van der Waals surface area contributed by atoms with Gasteiger partial charge in [0, 0.05) is 91.8 Å². The van der Waals surface area contributed by atoms with E-state index in [4.69, 9.17) is 57.9 Å². The quantitative estimate of drug-likeness (QED) is 0.0558. The summed E-state index contributed by atoms with van der Waals surface area (Å²) in [7, 11) is 0. The van der Waals surface area contributed by atoms with Gasteiger partial charge < -0.3 is 47.0 Å². The van der Waals surface area contributed by atoms with E-state index in [1.165, 1.54) is 0 Å². The van der Waals surface area contributed by atoms with Crippen LogP contribution in [0.3, 0.4) is 0 Å². The fourth-order valence-electron chi connectivity index (χ4n) is 8.17. The molecular formula is C49H54Cl4N10O5. The highest BCUT2D eigenvalue weighted by Crippen LogP contribution is 2.26. The molecule has 15 nitrogen and oxygen atoms in total. The molecule has 4 amide bonds. The van der Waals surface area contributed by atoms with Crippen LogP contribution < -0.4 is 22.1 Å². The second kappa shape index (κ2) is 25.5. The van der Waals surface area contributed by atoms with Gasteiger partial charge in [-0.25, -0.2) is 0 Å². The number of pyridine rings is 2. The Balaban J connectivity index is 0.000000212. The number of carbonyl (C=O) groups is 4. The molecule has 3 atom stereocenters. The summed E-state index contributed by atoms with van der Waals surface area (Å²) in [4.78, 5) is 69.8. The molecule has 2 saturated heterocycles. The van der Waals surface area contributed by atoms with Crippen molar-refractivity contribution >= 4 is 70.0 Å². The molecule has 4 aromatic heterocycles. The number of benzene rings is 2. The predicted octanol–water partition coefficient (Wildman–Crippen LogP) is 6.98. The van der Waals surface area contributed by atoms with E-state index < -0.39 is 18.2 Å². The third-order valence-electron chi connectivity index (χ3n) is 11.6. The zero-order chi connectivity index (χ0) is 48.6. The second-order valence-corrected chi connectivity index (χ2v) is 17.7. The molecule has 9 N–H and O–H groups in total. The fourth-order valence-corrected chi connectivity index (χ4v) is 8.56. The number of halogens is 4. The standard InChI is InChI=1S/C24H26ClN5O3.C24H26ClN5O2.CH2Cl2/c25-18-7-6-15(12-26)16(10-18)13-29-23(32)21-5-3-9-30(21)24(33)20-11-17(14-28-20)22(31)19-4-1-2-8-27-19;25-19-7-6-17(13-26)18(12-19)15-29-23(31)22-5-3-9-30(22)24(32)21-11-16(14-28-21)10-20-4-1-2-8-27-20;2-1-3/h1-2,4,6-8,10-11,14,21-22,28,31H,3,5,9,12-13,26H2,(H,29,32);1-2,4,6-8,11-12,14,22,28H,3,5,9-10,13,15,26H2,(H,29,31);1H2/t21-,22?;22-;/m00./s1. The Hall–Kier alpha value is -5.78. The number of hydrogen-bond donors (Lipinski definition) is 7. The summed E-state index contributed by atoms with van der Waals surface area (Å²) in [6.45, 7) is 2.35. The van der Waals surface area contributed by atoms with Gasteiger partial charge in [0.1, 0.15) is 29.6 Å². The number of amides is 4. The summed E-state index contributed by atoms with van der Waals surface area (Å²) in [5, 5.41) is 17.8. The van der Waals surface area contributed by atoms with Crippen molar-refractivity contribution in [1.82, 2.24) is 40.4 Å². The Labute approximate surface area is 414 Å². The molecule has 0 radical (unpaired) electrons. The first-order chi connectivity index (χ1) is 32.9. The lowest BCUT2D eigenvalue weighted by molar-refractivity contribution is -0.125. The second-order valence-electron chi connectivity index (χ2n) is 16.0. The average Bonchev–Trinajstić information content (AvgIpc) is 4.22. The maximum atomic E-state index is 13.1. The smallest absolute Gasteiger partial charge is 0.270 e. The number of nitrogens with two attached hydrogens (primary N) is 2. The summed E-state index contributed by atoms with van der Waals surface area (Å²) in [6, 6.07) is 24.3. The molecule has 2 aromatic carbocycles. The van der Waals surface area contributed by atoms with Crippen molar-refractivity contribution in [3.05, 3.63) is 176 Å². The van der Waals surface area contributed by atoms with E-state index in [1.54, 1.807) is 70.9 Å². The molecule has 68 heavy (non-hydrogen) atoms. The van der Waals surface area contributed by atoms with Gasteiger partial charge in [-0.3, -0.25) is 29.1 Å². The van der Waals surface area contributed by atoms with E-state index in [0.29, 0.717) is 84.7 Å². The molecule has 2 fully saturated rings. The van der Waals surface area contributed by atoms with Crippen molar-refractivity contribution in [2.75, 3.05) is 18.4 Å². The zero-order valence-electron chi connectivity index (χ0n) is 37.1. The maximum Gasteiger partial charge on any atom is 0.270 e. The summed E-state index contributed by atoms with van der Waals surface area (Å²) in [5.74, 6) is -0.832. The van der Waals surface area contributed by atoms with Gasteiger partial charge in [-0.05, 0) is 114 Å². The minimum absolute atomic E-state index is 0.166. The van der Waals surface area contributed by atoms with E-state index in [2.05, 4.69) is 30.6 Å². The van der Waals surface area contributed by atoms with Crippen LogP contribution in [0.5, 0.6) is 0 Å². The molecule has 2 aliphatic heterocycles. The first-order valence-electron chi connectivity index (χ1n) is 22.0. The summed E-state index contributed by atoms with van der Waals surface area (Å²) < 4.78 is 0. The number of aromatic amines is 2. The topological polar surface area (TPSA) is 228 Å². The SMILES string of the molecule is ClCCl.NCc1ccc(Cl)cc1CNC(=O)[C@@H]1CCCN1C(=O)c1cc(C(O)c2ccccn2)c[nH]1.NCc1ccc(Cl)cc1CNC(=O)[C@@H]1CCCN1C(=O)c1cc(Cc2ccccn2)c[nH]1. The van der Waals surface area contributed by atoms with Crippen LogP contribution in [0.2, 0.25) is 10.0 Å². The van der Waals surface area contributed by atoms with Gasteiger partial charge in [0.2, 0.25) is 11.8 Å². The molecule has 1 unspecified atom stereocenters. The third-order valence-corrected chi connectivity index (χ3v) is 12.1. The number of nitrogens with one attached hydrogen (secondary N) is 4.